The maximum atomic E-state index is 12.1. The molecule has 0 radical (unpaired) electrons. The quantitative estimate of drug-likeness (QED) is 0.587. The Balaban J connectivity index is 1.93. The number of carbonyl (C=O) groups excluding carboxylic acids is 2. The van der Waals surface area contributed by atoms with E-state index in [-0.39, 0.29) is 23.3 Å². The van der Waals surface area contributed by atoms with Crippen molar-refractivity contribution in [2.45, 2.75) is 32.6 Å². The molecule has 2 amide bonds. The first-order valence-electron chi connectivity index (χ1n) is 9.14. The summed E-state index contributed by atoms with van der Waals surface area (Å²) in [6.07, 6.45) is 2.51. The summed E-state index contributed by atoms with van der Waals surface area (Å²) in [6.45, 7) is 2.04. The summed E-state index contributed by atoms with van der Waals surface area (Å²) in [5.74, 6) is 0.258. The van der Waals surface area contributed by atoms with Crippen molar-refractivity contribution in [1.82, 2.24) is 5.32 Å². The van der Waals surface area contributed by atoms with Crippen LogP contribution in [-0.2, 0) is 16.0 Å². The van der Waals surface area contributed by atoms with Crippen LogP contribution >= 0.6 is 12.2 Å². The minimum Gasteiger partial charge on any atom is -0.494 e. The van der Waals surface area contributed by atoms with E-state index in [0.717, 1.165) is 18.4 Å². The molecule has 6 nitrogen and oxygen atoms in total. The summed E-state index contributed by atoms with van der Waals surface area (Å²) in [5.41, 5.74) is 2.15. The fourth-order valence-corrected chi connectivity index (χ4v) is 2.77. The van der Waals surface area contributed by atoms with Crippen LogP contribution in [0.5, 0.6) is 5.75 Å². The number of ether oxygens (including phenoxy) is 1. The lowest BCUT2D eigenvalue weighted by Crippen LogP contribution is -2.35. The highest BCUT2D eigenvalue weighted by atomic mass is 32.1. The Hall–Kier alpha value is -2.93. The van der Waals surface area contributed by atoms with Crippen molar-refractivity contribution in [3.63, 3.8) is 0 Å². The molecule has 2 rings (SSSR count). The summed E-state index contributed by atoms with van der Waals surface area (Å²) in [5, 5.41) is 8.65. The molecule has 0 bridgehead atoms. The molecule has 0 aliphatic rings. The van der Waals surface area contributed by atoms with Crippen molar-refractivity contribution in [2.75, 3.05) is 17.7 Å². The molecule has 2 aromatic carbocycles. The third-order valence-electron chi connectivity index (χ3n) is 3.95. The number of benzene rings is 2. The van der Waals surface area contributed by atoms with E-state index in [1.54, 1.807) is 18.2 Å². The van der Waals surface area contributed by atoms with Gasteiger partial charge < -0.3 is 20.7 Å². The highest BCUT2D eigenvalue weighted by Crippen LogP contribution is 2.28. The lowest BCUT2D eigenvalue weighted by Gasteiger charge is -2.14. The summed E-state index contributed by atoms with van der Waals surface area (Å²) in [6, 6.07) is 14.6. The third-order valence-corrected chi connectivity index (χ3v) is 4.16. The second kappa shape index (κ2) is 11.0. The third kappa shape index (κ3) is 7.00. The van der Waals surface area contributed by atoms with Crippen molar-refractivity contribution in [1.29, 1.82) is 0 Å². The summed E-state index contributed by atoms with van der Waals surface area (Å²) in [7, 11) is 1.53. The van der Waals surface area contributed by atoms with E-state index in [0.29, 0.717) is 23.5 Å². The first kappa shape index (κ1) is 21.4. The largest absolute Gasteiger partial charge is 0.494 e. The lowest BCUT2D eigenvalue weighted by atomic mass is 10.1. The number of carbonyl (C=O) groups is 2. The van der Waals surface area contributed by atoms with Gasteiger partial charge in [-0.2, -0.15) is 0 Å². The minimum absolute atomic E-state index is 0.0513. The van der Waals surface area contributed by atoms with Crippen molar-refractivity contribution >= 4 is 40.5 Å². The first-order valence-corrected chi connectivity index (χ1v) is 9.55. The SMILES string of the molecule is CCCCC(=O)Nc1ccc(NC(=S)NC(=O)Cc2ccccc2)cc1OC. The van der Waals surface area contributed by atoms with Gasteiger partial charge in [0.15, 0.2) is 5.11 Å². The molecule has 2 aromatic rings. The van der Waals surface area contributed by atoms with Crippen molar-refractivity contribution in [3.8, 4) is 5.75 Å². The Morgan fingerprint density at radius 3 is 2.46 bits per heavy atom. The number of unbranched alkanes of at least 4 members (excludes halogenated alkanes) is 1. The molecule has 0 aliphatic carbocycles. The molecule has 7 heteroatoms. The summed E-state index contributed by atoms with van der Waals surface area (Å²) < 4.78 is 5.35. The molecular formula is C21H25N3O3S. The predicted molar refractivity (Wildman–Crippen MR) is 116 cm³/mol. The topological polar surface area (TPSA) is 79.5 Å². The van der Waals surface area contributed by atoms with Gasteiger partial charge in [-0.15, -0.1) is 0 Å². The predicted octanol–water partition coefficient (Wildman–Crippen LogP) is 3.88. The number of rotatable bonds is 8. The fraction of sp³-hybridized carbons (Fsp3) is 0.286. The van der Waals surface area contributed by atoms with Crippen LogP contribution in [0.3, 0.4) is 0 Å². The van der Waals surface area contributed by atoms with Gasteiger partial charge in [0, 0.05) is 18.2 Å². The zero-order valence-electron chi connectivity index (χ0n) is 16.1. The van der Waals surface area contributed by atoms with E-state index < -0.39 is 0 Å². The van der Waals surface area contributed by atoms with E-state index in [9.17, 15) is 9.59 Å². The van der Waals surface area contributed by atoms with E-state index in [2.05, 4.69) is 16.0 Å². The van der Waals surface area contributed by atoms with Gasteiger partial charge in [-0.05, 0) is 36.3 Å². The molecule has 0 spiro atoms. The number of nitrogens with one attached hydrogen (secondary N) is 3. The number of methoxy groups -OCH3 is 1. The number of thiocarbonyl (C=S) groups is 1. The van der Waals surface area contributed by atoms with Gasteiger partial charge in [-0.25, -0.2) is 0 Å². The average molecular weight is 400 g/mol. The van der Waals surface area contributed by atoms with Gasteiger partial charge >= 0.3 is 0 Å². The molecule has 3 N–H and O–H groups in total. The Morgan fingerprint density at radius 1 is 1.04 bits per heavy atom. The van der Waals surface area contributed by atoms with Gasteiger partial charge in [0.2, 0.25) is 11.8 Å². The zero-order chi connectivity index (χ0) is 20.4. The number of hydrogen-bond donors (Lipinski definition) is 3. The molecule has 28 heavy (non-hydrogen) atoms. The van der Waals surface area contributed by atoms with Crippen molar-refractivity contribution < 1.29 is 14.3 Å². The zero-order valence-corrected chi connectivity index (χ0v) is 16.9. The molecule has 0 fully saturated rings. The van der Waals surface area contributed by atoms with Gasteiger partial charge in [0.25, 0.3) is 0 Å². The molecule has 0 saturated carbocycles. The Morgan fingerprint density at radius 2 is 1.79 bits per heavy atom. The second-order valence-corrected chi connectivity index (χ2v) is 6.64. The van der Waals surface area contributed by atoms with Crippen LogP contribution in [-0.4, -0.2) is 24.0 Å². The number of amides is 2. The Bertz CT molecular complexity index is 825. The van der Waals surface area contributed by atoms with Crippen molar-refractivity contribution in [2.24, 2.45) is 0 Å². The van der Waals surface area contributed by atoms with Gasteiger partial charge in [-0.1, -0.05) is 43.7 Å². The van der Waals surface area contributed by atoms with E-state index in [4.69, 9.17) is 17.0 Å². The molecule has 0 aromatic heterocycles. The highest BCUT2D eigenvalue weighted by Gasteiger charge is 2.10. The maximum Gasteiger partial charge on any atom is 0.230 e. The van der Waals surface area contributed by atoms with Crippen LogP contribution in [0.25, 0.3) is 0 Å². The van der Waals surface area contributed by atoms with E-state index in [1.165, 1.54) is 7.11 Å². The first-order chi connectivity index (χ1) is 13.5. The van der Waals surface area contributed by atoms with Gasteiger partial charge in [0.1, 0.15) is 5.75 Å². The van der Waals surface area contributed by atoms with Crippen LogP contribution in [0.15, 0.2) is 48.5 Å². The molecule has 0 heterocycles. The monoisotopic (exact) mass is 399 g/mol. The fourth-order valence-electron chi connectivity index (χ4n) is 2.54. The number of hydrogen-bond acceptors (Lipinski definition) is 4. The molecule has 0 saturated heterocycles. The summed E-state index contributed by atoms with van der Waals surface area (Å²) >= 11 is 5.21. The normalized spacial score (nSPS) is 10.1. The van der Waals surface area contributed by atoms with E-state index >= 15 is 0 Å². The summed E-state index contributed by atoms with van der Waals surface area (Å²) in [4.78, 5) is 24.0. The van der Waals surface area contributed by atoms with Gasteiger partial charge in [0.05, 0.1) is 19.2 Å². The molecule has 148 valence electrons. The highest BCUT2D eigenvalue weighted by molar-refractivity contribution is 7.80. The molecule has 0 atom stereocenters. The van der Waals surface area contributed by atoms with Gasteiger partial charge in [-0.3, -0.25) is 9.59 Å². The van der Waals surface area contributed by atoms with Crippen LogP contribution in [0, 0.1) is 0 Å². The van der Waals surface area contributed by atoms with E-state index in [1.807, 2.05) is 37.3 Å². The van der Waals surface area contributed by atoms with Crippen LogP contribution < -0.4 is 20.7 Å². The standard InChI is InChI=1S/C21H25N3O3S/c1-3-4-10-19(25)23-17-12-11-16(14-18(17)27-2)22-21(28)24-20(26)13-15-8-6-5-7-9-15/h5-9,11-12,14H,3-4,10,13H2,1-2H3,(H,23,25)(H2,22,24,26,28). The lowest BCUT2D eigenvalue weighted by molar-refractivity contribution is -0.119. The molecule has 0 aliphatic heterocycles. The Kier molecular flexibility index (Phi) is 8.42. The smallest absolute Gasteiger partial charge is 0.230 e. The van der Waals surface area contributed by atoms with Crippen LogP contribution in [0.2, 0.25) is 0 Å². The second-order valence-electron chi connectivity index (χ2n) is 6.23. The average Bonchev–Trinajstić information content (AvgIpc) is 2.68. The number of anilines is 2. The minimum atomic E-state index is -0.199. The maximum absolute atomic E-state index is 12.1. The van der Waals surface area contributed by atoms with Crippen molar-refractivity contribution in [3.05, 3.63) is 54.1 Å². The Labute approximate surface area is 170 Å². The molecular weight excluding hydrogens is 374 g/mol. The molecule has 0 unspecified atom stereocenters. The van der Waals surface area contributed by atoms with Crippen LogP contribution in [0.1, 0.15) is 31.7 Å². The van der Waals surface area contributed by atoms with Crippen LogP contribution in [0.4, 0.5) is 11.4 Å².